The zero-order chi connectivity index (χ0) is 17.9. The predicted molar refractivity (Wildman–Crippen MR) is 94.9 cm³/mol. The Kier molecular flexibility index (Phi) is 3.21. The molecule has 0 aliphatic heterocycles. The van der Waals surface area contributed by atoms with Crippen molar-refractivity contribution in [1.29, 1.82) is 0 Å². The highest BCUT2D eigenvalue weighted by atomic mass is 16.3. The van der Waals surface area contributed by atoms with E-state index >= 15 is 0 Å². The number of phenols is 1. The summed E-state index contributed by atoms with van der Waals surface area (Å²) in [4.78, 5) is 21.0. The van der Waals surface area contributed by atoms with Crippen LogP contribution in [0.3, 0.4) is 0 Å². The summed E-state index contributed by atoms with van der Waals surface area (Å²) in [5.41, 5.74) is 14.9. The second kappa shape index (κ2) is 5.20. The van der Waals surface area contributed by atoms with Crippen LogP contribution in [0, 0.1) is 13.8 Å². The number of nitrogens with zero attached hydrogens (tertiary/aromatic N) is 3. The van der Waals surface area contributed by atoms with Crippen molar-refractivity contribution in [3.8, 4) is 11.4 Å². The summed E-state index contributed by atoms with van der Waals surface area (Å²) in [6.45, 7) is 3.72. The Balaban J connectivity index is 2.13. The van der Waals surface area contributed by atoms with Crippen molar-refractivity contribution in [3.05, 3.63) is 40.8 Å². The van der Waals surface area contributed by atoms with Gasteiger partial charge in [-0.2, -0.15) is 0 Å². The first-order valence-corrected chi connectivity index (χ1v) is 8.16. The lowest BCUT2D eigenvalue weighted by Gasteiger charge is -2.15. The molecule has 3 aromatic rings. The van der Waals surface area contributed by atoms with Crippen molar-refractivity contribution in [2.75, 3.05) is 5.73 Å². The molecule has 1 fully saturated rings. The van der Waals surface area contributed by atoms with E-state index in [1.165, 1.54) is 0 Å². The molecule has 1 aliphatic carbocycles. The Bertz CT molecular complexity index is 1030. The molecule has 1 aromatic carbocycles. The molecular formula is C18H19N5O2. The quantitative estimate of drug-likeness (QED) is 0.677. The van der Waals surface area contributed by atoms with Crippen molar-refractivity contribution >= 4 is 22.8 Å². The van der Waals surface area contributed by atoms with Gasteiger partial charge >= 0.3 is 0 Å². The summed E-state index contributed by atoms with van der Waals surface area (Å²) in [7, 11) is 0. The molecule has 2 heterocycles. The standard InChI is InChI=1S/C18H19N5O2/c1-8-3-6-12(24)9(2)14(8)23-15(19)13(16(20)25)11-7-21-17(10-4-5-10)22-18(11)23/h3,6-7,10,24H,4-5,19H2,1-2H3,(H2,20,25). The third-order valence-corrected chi connectivity index (χ3v) is 4.78. The van der Waals surface area contributed by atoms with Gasteiger partial charge in [-0.15, -0.1) is 0 Å². The van der Waals surface area contributed by atoms with Crippen LogP contribution in [0.5, 0.6) is 5.75 Å². The average molecular weight is 337 g/mol. The SMILES string of the molecule is Cc1ccc(O)c(C)c1-n1c(N)c(C(N)=O)c2cnc(C3CC3)nc21. The number of fused-ring (bicyclic) bond motifs is 1. The van der Waals surface area contributed by atoms with E-state index in [9.17, 15) is 9.90 Å². The summed E-state index contributed by atoms with van der Waals surface area (Å²) in [6.07, 6.45) is 3.75. The van der Waals surface area contributed by atoms with Crippen LogP contribution < -0.4 is 11.5 Å². The van der Waals surface area contributed by atoms with Crippen molar-refractivity contribution < 1.29 is 9.90 Å². The lowest BCUT2D eigenvalue weighted by Crippen LogP contribution is -2.14. The Morgan fingerprint density at radius 2 is 2.04 bits per heavy atom. The zero-order valence-electron chi connectivity index (χ0n) is 14.1. The molecule has 0 spiro atoms. The van der Waals surface area contributed by atoms with E-state index in [1.807, 2.05) is 6.92 Å². The van der Waals surface area contributed by atoms with Crippen LogP contribution in [0.2, 0.25) is 0 Å². The van der Waals surface area contributed by atoms with Crippen LogP contribution in [0.25, 0.3) is 16.7 Å². The average Bonchev–Trinajstić information content (AvgIpc) is 3.36. The molecule has 0 unspecified atom stereocenters. The zero-order valence-corrected chi connectivity index (χ0v) is 14.1. The first-order valence-electron chi connectivity index (χ1n) is 8.16. The fraction of sp³-hybridized carbons (Fsp3) is 0.278. The number of hydrogen-bond acceptors (Lipinski definition) is 5. The number of carbonyl (C=O) groups excluding carboxylic acids is 1. The topological polar surface area (TPSA) is 120 Å². The number of nitrogen functional groups attached to an aromatic ring is 1. The molecule has 1 aliphatic rings. The number of amides is 1. The van der Waals surface area contributed by atoms with Crippen LogP contribution in [-0.2, 0) is 0 Å². The van der Waals surface area contributed by atoms with Gasteiger partial charge in [0.25, 0.3) is 5.91 Å². The highest BCUT2D eigenvalue weighted by Crippen LogP contribution is 2.40. The molecule has 4 rings (SSSR count). The summed E-state index contributed by atoms with van der Waals surface area (Å²) >= 11 is 0. The molecule has 25 heavy (non-hydrogen) atoms. The first-order chi connectivity index (χ1) is 11.9. The molecule has 128 valence electrons. The lowest BCUT2D eigenvalue weighted by atomic mass is 10.1. The van der Waals surface area contributed by atoms with Crippen LogP contribution >= 0.6 is 0 Å². The molecule has 0 atom stereocenters. The largest absolute Gasteiger partial charge is 0.508 e. The van der Waals surface area contributed by atoms with Crippen molar-refractivity contribution in [1.82, 2.24) is 14.5 Å². The molecule has 0 bridgehead atoms. The molecule has 2 aromatic heterocycles. The van der Waals surface area contributed by atoms with Crippen molar-refractivity contribution in [2.24, 2.45) is 5.73 Å². The number of anilines is 1. The summed E-state index contributed by atoms with van der Waals surface area (Å²) < 4.78 is 1.70. The number of nitrogens with two attached hydrogens (primary N) is 2. The molecule has 7 nitrogen and oxygen atoms in total. The second-order valence-electron chi connectivity index (χ2n) is 6.57. The van der Waals surface area contributed by atoms with Gasteiger partial charge in [-0.1, -0.05) is 6.07 Å². The van der Waals surface area contributed by atoms with E-state index in [0.29, 0.717) is 28.2 Å². The maximum absolute atomic E-state index is 12.0. The summed E-state index contributed by atoms with van der Waals surface area (Å²) in [5.74, 6) is 0.843. The van der Waals surface area contributed by atoms with E-state index in [1.54, 1.807) is 29.8 Å². The Morgan fingerprint density at radius 1 is 1.32 bits per heavy atom. The predicted octanol–water partition coefficient (Wildman–Crippen LogP) is 2.30. The summed E-state index contributed by atoms with van der Waals surface area (Å²) in [5, 5.41) is 10.7. The number of primary amides is 1. The minimum atomic E-state index is -0.625. The van der Waals surface area contributed by atoms with Gasteiger partial charge in [-0.25, -0.2) is 9.97 Å². The smallest absolute Gasteiger partial charge is 0.253 e. The third-order valence-electron chi connectivity index (χ3n) is 4.78. The maximum Gasteiger partial charge on any atom is 0.253 e. The van der Waals surface area contributed by atoms with E-state index in [0.717, 1.165) is 24.2 Å². The molecule has 1 saturated carbocycles. The summed E-state index contributed by atoms with van der Waals surface area (Å²) in [6, 6.07) is 3.44. The van der Waals surface area contributed by atoms with Crippen LogP contribution in [-0.4, -0.2) is 25.5 Å². The number of rotatable bonds is 3. The molecule has 5 N–H and O–H groups in total. The number of carbonyl (C=O) groups is 1. The highest BCUT2D eigenvalue weighted by Gasteiger charge is 2.29. The third kappa shape index (κ3) is 2.23. The molecule has 7 heteroatoms. The fourth-order valence-corrected chi connectivity index (χ4v) is 3.29. The van der Waals surface area contributed by atoms with E-state index in [-0.39, 0.29) is 17.1 Å². The van der Waals surface area contributed by atoms with E-state index < -0.39 is 5.91 Å². The van der Waals surface area contributed by atoms with E-state index in [4.69, 9.17) is 11.5 Å². The normalized spacial score (nSPS) is 14.2. The molecule has 1 amide bonds. The number of hydrogen-bond donors (Lipinski definition) is 3. The van der Waals surface area contributed by atoms with Gasteiger partial charge in [0, 0.05) is 17.7 Å². The van der Waals surface area contributed by atoms with Crippen LogP contribution in [0.1, 0.15) is 46.1 Å². The van der Waals surface area contributed by atoms with Gasteiger partial charge in [0.1, 0.15) is 17.4 Å². The van der Waals surface area contributed by atoms with Gasteiger partial charge in [-0.3, -0.25) is 9.36 Å². The van der Waals surface area contributed by atoms with Gasteiger partial charge in [0.05, 0.1) is 16.6 Å². The fourth-order valence-electron chi connectivity index (χ4n) is 3.29. The van der Waals surface area contributed by atoms with Crippen molar-refractivity contribution in [3.63, 3.8) is 0 Å². The molecular weight excluding hydrogens is 318 g/mol. The minimum absolute atomic E-state index is 0.152. The Labute approximate surface area is 144 Å². The van der Waals surface area contributed by atoms with E-state index in [2.05, 4.69) is 9.97 Å². The highest BCUT2D eigenvalue weighted by molar-refractivity contribution is 6.10. The minimum Gasteiger partial charge on any atom is -0.508 e. The monoisotopic (exact) mass is 337 g/mol. The van der Waals surface area contributed by atoms with Gasteiger partial charge in [0.2, 0.25) is 0 Å². The number of benzene rings is 1. The van der Waals surface area contributed by atoms with Crippen LogP contribution in [0.4, 0.5) is 5.82 Å². The Morgan fingerprint density at radius 3 is 2.68 bits per heavy atom. The lowest BCUT2D eigenvalue weighted by molar-refractivity contribution is 0.100. The van der Waals surface area contributed by atoms with Crippen molar-refractivity contribution in [2.45, 2.75) is 32.6 Å². The van der Waals surface area contributed by atoms with Gasteiger partial charge in [0.15, 0.2) is 5.65 Å². The molecule has 0 radical (unpaired) electrons. The first kappa shape index (κ1) is 15.4. The number of phenolic OH excluding ortho intramolecular Hbond substituents is 1. The number of aromatic hydroxyl groups is 1. The number of aromatic nitrogens is 3. The van der Waals surface area contributed by atoms with Crippen LogP contribution in [0.15, 0.2) is 18.3 Å². The molecule has 0 saturated heterocycles. The maximum atomic E-state index is 12.0. The Hall–Kier alpha value is -3.09. The number of aryl methyl sites for hydroxylation is 1. The second-order valence-corrected chi connectivity index (χ2v) is 6.57. The van der Waals surface area contributed by atoms with Gasteiger partial charge < -0.3 is 16.6 Å². The van der Waals surface area contributed by atoms with Gasteiger partial charge in [-0.05, 0) is 38.3 Å².